The number of hydrogen-bond acceptors (Lipinski definition) is 3. The number of rotatable bonds is 5. The molecule has 3 heteroatoms. The molecule has 0 aliphatic carbocycles. The maximum Gasteiger partial charge on any atom is 0.134 e. The van der Waals surface area contributed by atoms with Gasteiger partial charge in [-0.05, 0) is 24.5 Å². The van der Waals surface area contributed by atoms with E-state index in [1.807, 2.05) is 37.4 Å². The molecular formula is C16H22N2O. The van der Waals surface area contributed by atoms with Gasteiger partial charge in [0.1, 0.15) is 5.82 Å². The molecule has 0 fully saturated rings. The lowest BCUT2D eigenvalue weighted by Crippen LogP contribution is -2.22. The van der Waals surface area contributed by atoms with Crippen molar-refractivity contribution in [3.8, 4) is 0 Å². The summed E-state index contributed by atoms with van der Waals surface area (Å²) >= 11 is 0. The van der Waals surface area contributed by atoms with Crippen molar-refractivity contribution in [1.82, 2.24) is 4.98 Å². The molecule has 0 unspecified atom stereocenters. The quantitative estimate of drug-likeness (QED) is 0.894. The van der Waals surface area contributed by atoms with Crippen molar-refractivity contribution in [2.75, 3.05) is 18.5 Å². The van der Waals surface area contributed by atoms with Crippen molar-refractivity contribution in [2.45, 2.75) is 26.9 Å². The van der Waals surface area contributed by atoms with Gasteiger partial charge in [-0.25, -0.2) is 4.98 Å². The summed E-state index contributed by atoms with van der Waals surface area (Å²) in [5, 5.41) is 10.6. The predicted octanol–water partition coefficient (Wildman–Crippen LogP) is 3.21. The fourth-order valence-corrected chi connectivity index (χ4v) is 2.15. The molecule has 0 saturated carbocycles. The normalized spacial score (nSPS) is 11.2. The molecule has 0 aliphatic heterocycles. The van der Waals surface area contributed by atoms with Crippen LogP contribution in [0.15, 0.2) is 30.3 Å². The highest BCUT2D eigenvalue weighted by Gasteiger charge is 2.11. The first-order chi connectivity index (χ1) is 9.11. The second-order valence-electron chi connectivity index (χ2n) is 5.43. The first kappa shape index (κ1) is 13.8. The third-order valence-corrected chi connectivity index (χ3v) is 3.35. The van der Waals surface area contributed by atoms with Gasteiger partial charge >= 0.3 is 0 Å². The van der Waals surface area contributed by atoms with E-state index < -0.39 is 0 Å². The van der Waals surface area contributed by atoms with Crippen LogP contribution < -0.4 is 4.90 Å². The van der Waals surface area contributed by atoms with Crippen molar-refractivity contribution in [3.05, 3.63) is 35.9 Å². The summed E-state index contributed by atoms with van der Waals surface area (Å²) in [7, 11) is 2.04. The number of aliphatic hydroxyl groups excluding tert-OH is 1. The van der Waals surface area contributed by atoms with E-state index in [9.17, 15) is 5.11 Å². The first-order valence-corrected chi connectivity index (χ1v) is 6.82. The fourth-order valence-electron chi connectivity index (χ4n) is 2.15. The molecule has 1 aromatic carbocycles. The third kappa shape index (κ3) is 3.24. The minimum Gasteiger partial charge on any atom is -0.392 e. The van der Waals surface area contributed by atoms with Crippen LogP contribution in [0.1, 0.15) is 25.8 Å². The van der Waals surface area contributed by atoms with Crippen LogP contribution in [0, 0.1) is 5.92 Å². The molecule has 0 bridgehead atoms. The van der Waals surface area contributed by atoms with Gasteiger partial charge in [-0.2, -0.15) is 0 Å². The van der Waals surface area contributed by atoms with Crippen LogP contribution in [0.3, 0.4) is 0 Å². The van der Waals surface area contributed by atoms with Crippen LogP contribution in [-0.4, -0.2) is 23.7 Å². The van der Waals surface area contributed by atoms with Gasteiger partial charge < -0.3 is 10.0 Å². The molecule has 19 heavy (non-hydrogen) atoms. The Morgan fingerprint density at radius 1 is 1.26 bits per heavy atom. The lowest BCUT2D eigenvalue weighted by molar-refractivity contribution is 0.282. The minimum absolute atomic E-state index is 0.0270. The molecule has 0 amide bonds. The van der Waals surface area contributed by atoms with Crippen LogP contribution in [0.2, 0.25) is 0 Å². The second kappa shape index (κ2) is 6.02. The molecule has 3 nitrogen and oxygen atoms in total. The number of nitrogens with zero attached hydrogens (tertiary/aromatic N) is 2. The molecule has 0 spiro atoms. The van der Waals surface area contributed by atoms with Gasteiger partial charge in [-0.3, -0.25) is 0 Å². The molecular weight excluding hydrogens is 236 g/mol. The Bertz CT molecular complexity index is 551. The molecule has 2 aromatic rings. The highest BCUT2D eigenvalue weighted by Crippen LogP contribution is 2.23. The first-order valence-electron chi connectivity index (χ1n) is 6.82. The van der Waals surface area contributed by atoms with Crippen LogP contribution in [0.5, 0.6) is 0 Å². The van der Waals surface area contributed by atoms with Crippen molar-refractivity contribution in [1.29, 1.82) is 0 Å². The predicted molar refractivity (Wildman–Crippen MR) is 80.4 cm³/mol. The topological polar surface area (TPSA) is 36.4 Å². The van der Waals surface area contributed by atoms with E-state index in [4.69, 9.17) is 0 Å². The van der Waals surface area contributed by atoms with E-state index in [1.165, 1.54) is 0 Å². The SMILES string of the molecule is CC(C)CCN(C)c1nc2ccccc2cc1CO. The Labute approximate surface area is 114 Å². The molecule has 0 radical (unpaired) electrons. The highest BCUT2D eigenvalue weighted by atomic mass is 16.3. The number of para-hydroxylation sites is 1. The van der Waals surface area contributed by atoms with Gasteiger partial charge in [0, 0.05) is 24.5 Å². The summed E-state index contributed by atoms with van der Waals surface area (Å²) in [4.78, 5) is 6.83. The Morgan fingerprint density at radius 2 is 2.00 bits per heavy atom. The Balaban J connectivity index is 2.34. The highest BCUT2D eigenvalue weighted by molar-refractivity contribution is 5.81. The lowest BCUT2D eigenvalue weighted by atomic mass is 10.1. The Kier molecular flexibility index (Phi) is 4.38. The number of aromatic nitrogens is 1. The summed E-state index contributed by atoms with van der Waals surface area (Å²) < 4.78 is 0. The Morgan fingerprint density at radius 3 is 2.68 bits per heavy atom. The number of pyridine rings is 1. The maximum atomic E-state index is 9.54. The maximum absolute atomic E-state index is 9.54. The summed E-state index contributed by atoms with van der Waals surface area (Å²) in [6.07, 6.45) is 1.12. The van der Waals surface area contributed by atoms with Crippen molar-refractivity contribution >= 4 is 16.7 Å². The van der Waals surface area contributed by atoms with Crippen LogP contribution >= 0.6 is 0 Å². The Hall–Kier alpha value is -1.61. The van der Waals surface area contributed by atoms with E-state index in [0.717, 1.165) is 35.2 Å². The number of aliphatic hydroxyl groups is 1. The van der Waals surface area contributed by atoms with E-state index >= 15 is 0 Å². The second-order valence-corrected chi connectivity index (χ2v) is 5.43. The molecule has 1 N–H and O–H groups in total. The van der Waals surface area contributed by atoms with E-state index in [-0.39, 0.29) is 6.61 Å². The third-order valence-electron chi connectivity index (χ3n) is 3.35. The van der Waals surface area contributed by atoms with Gasteiger partial charge in [-0.15, -0.1) is 0 Å². The van der Waals surface area contributed by atoms with Crippen LogP contribution in [-0.2, 0) is 6.61 Å². The molecule has 1 heterocycles. The van der Waals surface area contributed by atoms with E-state index in [0.29, 0.717) is 5.92 Å². The molecule has 1 aromatic heterocycles. The van der Waals surface area contributed by atoms with Gasteiger partial charge in [0.15, 0.2) is 0 Å². The largest absolute Gasteiger partial charge is 0.392 e. The van der Waals surface area contributed by atoms with Gasteiger partial charge in [0.25, 0.3) is 0 Å². The monoisotopic (exact) mass is 258 g/mol. The number of anilines is 1. The molecule has 0 aliphatic rings. The molecule has 0 atom stereocenters. The van der Waals surface area contributed by atoms with E-state index in [1.54, 1.807) is 0 Å². The van der Waals surface area contributed by atoms with Crippen molar-refractivity contribution < 1.29 is 5.11 Å². The average molecular weight is 258 g/mol. The molecule has 102 valence electrons. The van der Waals surface area contributed by atoms with Gasteiger partial charge in [0.2, 0.25) is 0 Å². The van der Waals surface area contributed by atoms with Gasteiger partial charge in [-0.1, -0.05) is 32.0 Å². The number of hydrogen-bond donors (Lipinski definition) is 1. The van der Waals surface area contributed by atoms with Crippen LogP contribution in [0.4, 0.5) is 5.82 Å². The van der Waals surface area contributed by atoms with Crippen LogP contribution in [0.25, 0.3) is 10.9 Å². The van der Waals surface area contributed by atoms with E-state index in [2.05, 4.69) is 23.7 Å². The van der Waals surface area contributed by atoms with Gasteiger partial charge in [0.05, 0.1) is 12.1 Å². The molecule has 0 saturated heterocycles. The average Bonchev–Trinajstić information content (AvgIpc) is 2.43. The standard InChI is InChI=1S/C16H22N2O/c1-12(2)8-9-18(3)16-14(11-19)10-13-6-4-5-7-15(13)17-16/h4-7,10,12,19H,8-9,11H2,1-3H3. The minimum atomic E-state index is 0.0270. The number of fused-ring (bicyclic) bond motifs is 1. The molecule has 2 rings (SSSR count). The lowest BCUT2D eigenvalue weighted by Gasteiger charge is -2.22. The fraction of sp³-hybridized carbons (Fsp3) is 0.438. The smallest absolute Gasteiger partial charge is 0.134 e. The number of benzene rings is 1. The zero-order valence-corrected chi connectivity index (χ0v) is 11.9. The zero-order chi connectivity index (χ0) is 13.8. The van der Waals surface area contributed by atoms with Crippen molar-refractivity contribution in [3.63, 3.8) is 0 Å². The zero-order valence-electron chi connectivity index (χ0n) is 11.9. The summed E-state index contributed by atoms with van der Waals surface area (Å²) in [5.41, 5.74) is 1.87. The summed E-state index contributed by atoms with van der Waals surface area (Å²) in [5.74, 6) is 1.56. The summed E-state index contributed by atoms with van der Waals surface area (Å²) in [6.45, 7) is 5.42. The summed E-state index contributed by atoms with van der Waals surface area (Å²) in [6, 6.07) is 10.1. The van der Waals surface area contributed by atoms with Crippen molar-refractivity contribution in [2.24, 2.45) is 5.92 Å².